The average molecular weight is 132 g/mol. The van der Waals surface area contributed by atoms with Crippen LogP contribution in [0.25, 0.3) is 0 Å². The lowest BCUT2D eigenvalue weighted by atomic mass is 10.5. The van der Waals surface area contributed by atoms with Crippen molar-refractivity contribution >= 4 is 6.09 Å². The fraction of sp³-hybridized carbons (Fsp3) is 0.800. The highest BCUT2D eigenvalue weighted by Gasteiger charge is 1.96. The Kier molecular flexibility index (Phi) is 4.91. The van der Waals surface area contributed by atoms with Crippen LogP contribution in [0.3, 0.4) is 0 Å². The molecule has 0 rings (SSSR count). The number of hydrogen-bond acceptors (Lipinski definition) is 2. The molecule has 0 aliphatic carbocycles. The molecule has 1 radical (unpaired) electrons. The van der Waals surface area contributed by atoms with Gasteiger partial charge in [0.1, 0.15) is 0 Å². The largest absolute Gasteiger partial charge is 0.450 e. The average Bonchev–Trinajstić information content (AvgIpc) is 1.85. The number of carbonyl (C=O) groups is 1. The second kappa shape index (κ2) is 5.37. The van der Waals surface area contributed by atoms with E-state index in [2.05, 4.69) is 4.74 Å². The van der Waals surface area contributed by atoms with Crippen molar-refractivity contribution in [3.8, 4) is 0 Å². The molecule has 0 aromatic carbocycles. The summed E-state index contributed by atoms with van der Waals surface area (Å²) in [6.07, 6.45) is 0.138. The van der Waals surface area contributed by atoms with E-state index < -0.39 is 12.8 Å². The molecule has 1 N–H and O–H groups in total. The Hall–Kier alpha value is -0.770. The van der Waals surface area contributed by atoms with Crippen molar-refractivity contribution < 1.29 is 14.6 Å². The van der Waals surface area contributed by atoms with Crippen LogP contribution in [-0.4, -0.2) is 19.4 Å². The molecule has 0 fully saturated rings. The molecular formula is C5H10NO3. The first-order chi connectivity index (χ1) is 4.31. The third kappa shape index (κ3) is 5.10. The number of ether oxygens (including phenoxy) is 1. The van der Waals surface area contributed by atoms with Gasteiger partial charge in [0.15, 0.2) is 6.73 Å². The zero-order valence-electron chi connectivity index (χ0n) is 5.35. The second-order valence-corrected chi connectivity index (χ2v) is 1.46. The van der Waals surface area contributed by atoms with Crippen molar-refractivity contribution in [3.63, 3.8) is 0 Å². The van der Waals surface area contributed by atoms with Gasteiger partial charge in [-0.2, -0.15) is 0 Å². The molecule has 1 amide bonds. The summed E-state index contributed by atoms with van der Waals surface area (Å²) in [5.74, 6) is 0. The van der Waals surface area contributed by atoms with Crippen molar-refractivity contribution in [2.45, 2.75) is 13.3 Å². The van der Waals surface area contributed by atoms with Crippen LogP contribution in [0, 0.1) is 0 Å². The Morgan fingerprint density at radius 2 is 2.33 bits per heavy atom. The summed E-state index contributed by atoms with van der Waals surface area (Å²) in [6, 6.07) is 0. The fourth-order valence-electron chi connectivity index (χ4n) is 0.305. The summed E-state index contributed by atoms with van der Waals surface area (Å²) in [4.78, 5) is 10.3. The van der Waals surface area contributed by atoms with Crippen LogP contribution < -0.4 is 5.32 Å². The number of rotatable bonds is 3. The van der Waals surface area contributed by atoms with Gasteiger partial charge in [-0.05, 0) is 6.42 Å². The van der Waals surface area contributed by atoms with Gasteiger partial charge < -0.3 is 4.74 Å². The molecule has 0 bridgehead atoms. The van der Waals surface area contributed by atoms with E-state index in [1.807, 2.05) is 12.2 Å². The van der Waals surface area contributed by atoms with E-state index in [0.29, 0.717) is 6.61 Å². The van der Waals surface area contributed by atoms with Gasteiger partial charge in [0.05, 0.1) is 6.61 Å². The van der Waals surface area contributed by atoms with E-state index in [1.54, 1.807) is 0 Å². The van der Waals surface area contributed by atoms with Crippen molar-refractivity contribution in [2.75, 3.05) is 13.3 Å². The minimum atomic E-state index is -0.633. The van der Waals surface area contributed by atoms with E-state index in [-0.39, 0.29) is 0 Å². The zero-order chi connectivity index (χ0) is 7.11. The van der Waals surface area contributed by atoms with E-state index >= 15 is 0 Å². The first-order valence-electron chi connectivity index (χ1n) is 2.80. The first-order valence-corrected chi connectivity index (χ1v) is 2.80. The van der Waals surface area contributed by atoms with Crippen molar-refractivity contribution in [1.82, 2.24) is 5.32 Å². The smallest absolute Gasteiger partial charge is 0.409 e. The summed E-state index contributed by atoms with van der Waals surface area (Å²) in [6.45, 7) is 1.62. The Bertz CT molecular complexity index is 84.3. The van der Waals surface area contributed by atoms with E-state index in [9.17, 15) is 9.90 Å². The maximum absolute atomic E-state index is 10.3. The minimum Gasteiger partial charge on any atom is -0.450 e. The number of carbonyl (C=O) groups excluding carboxylic acids is 1. The van der Waals surface area contributed by atoms with Gasteiger partial charge in [-0.1, -0.05) is 6.92 Å². The number of alkyl carbamates (subject to hydrolysis) is 1. The number of amides is 1. The molecule has 0 aliphatic heterocycles. The lowest BCUT2D eigenvalue weighted by molar-refractivity contribution is 0.116. The normalized spacial score (nSPS) is 8.67. The summed E-state index contributed by atoms with van der Waals surface area (Å²) < 4.78 is 4.48. The van der Waals surface area contributed by atoms with Crippen LogP contribution in [-0.2, 0) is 9.84 Å². The van der Waals surface area contributed by atoms with Crippen molar-refractivity contribution in [2.24, 2.45) is 0 Å². The molecule has 9 heavy (non-hydrogen) atoms. The molecule has 0 atom stereocenters. The maximum Gasteiger partial charge on any atom is 0.409 e. The SMILES string of the molecule is CCCOC(=O)NC[O]. The zero-order valence-corrected chi connectivity index (χ0v) is 5.35. The van der Waals surface area contributed by atoms with Gasteiger partial charge in [-0.15, -0.1) is 0 Å². The minimum absolute atomic E-state index is 0.367. The fourth-order valence-corrected chi connectivity index (χ4v) is 0.305. The molecule has 0 aromatic heterocycles. The summed E-state index contributed by atoms with van der Waals surface area (Å²) in [7, 11) is 0. The standard InChI is InChI=1S/C5H10NO3/c1-2-3-9-5(8)6-4-7/h2-4H2,1H3,(H,6,8). The molecule has 0 spiro atoms. The third-order valence-corrected chi connectivity index (χ3v) is 0.654. The Morgan fingerprint density at radius 1 is 1.67 bits per heavy atom. The molecule has 53 valence electrons. The number of nitrogens with one attached hydrogen (secondary N) is 1. The van der Waals surface area contributed by atoms with Gasteiger partial charge in [-0.3, -0.25) is 5.32 Å². The molecule has 0 unspecified atom stereocenters. The third-order valence-electron chi connectivity index (χ3n) is 0.654. The Balaban J connectivity index is 3.06. The maximum atomic E-state index is 10.3. The highest BCUT2D eigenvalue weighted by molar-refractivity contribution is 5.66. The van der Waals surface area contributed by atoms with Gasteiger partial charge >= 0.3 is 6.09 Å². The highest BCUT2D eigenvalue weighted by Crippen LogP contribution is 1.79. The van der Waals surface area contributed by atoms with Crippen LogP contribution in [0.4, 0.5) is 4.79 Å². The molecule has 0 saturated heterocycles. The molecule has 0 heterocycles. The summed E-state index contributed by atoms with van der Waals surface area (Å²) >= 11 is 0. The van der Waals surface area contributed by atoms with Gasteiger partial charge in [-0.25, -0.2) is 9.90 Å². The van der Waals surface area contributed by atoms with Crippen LogP contribution >= 0.6 is 0 Å². The summed E-state index contributed by atoms with van der Waals surface area (Å²) in [5.41, 5.74) is 0. The van der Waals surface area contributed by atoms with E-state index in [0.717, 1.165) is 6.42 Å². The van der Waals surface area contributed by atoms with Crippen LogP contribution in [0.5, 0.6) is 0 Å². The lowest BCUT2D eigenvalue weighted by Gasteiger charge is -2.00. The van der Waals surface area contributed by atoms with Crippen LogP contribution in [0.15, 0.2) is 0 Å². The second-order valence-electron chi connectivity index (χ2n) is 1.46. The van der Waals surface area contributed by atoms with E-state index in [1.165, 1.54) is 0 Å². The van der Waals surface area contributed by atoms with Gasteiger partial charge in [0, 0.05) is 0 Å². The Morgan fingerprint density at radius 3 is 2.78 bits per heavy atom. The summed E-state index contributed by atoms with van der Waals surface area (Å²) in [5, 5.41) is 11.7. The van der Waals surface area contributed by atoms with E-state index in [4.69, 9.17) is 0 Å². The highest BCUT2D eigenvalue weighted by atomic mass is 16.5. The molecule has 4 nitrogen and oxygen atoms in total. The van der Waals surface area contributed by atoms with Crippen LogP contribution in [0.1, 0.15) is 13.3 Å². The molecule has 0 aromatic rings. The Labute approximate surface area is 53.8 Å². The molecule has 0 aliphatic rings. The van der Waals surface area contributed by atoms with Gasteiger partial charge in [0.25, 0.3) is 0 Å². The van der Waals surface area contributed by atoms with Gasteiger partial charge in [0.2, 0.25) is 0 Å². The predicted octanol–water partition coefficient (Wildman–Crippen LogP) is 0.511. The topological polar surface area (TPSA) is 58.2 Å². The van der Waals surface area contributed by atoms with Crippen molar-refractivity contribution in [3.05, 3.63) is 0 Å². The quantitative estimate of drug-likeness (QED) is 0.569. The lowest BCUT2D eigenvalue weighted by Crippen LogP contribution is -2.24. The predicted molar refractivity (Wildman–Crippen MR) is 30.3 cm³/mol. The first kappa shape index (κ1) is 8.23. The molecule has 0 saturated carbocycles. The van der Waals surface area contributed by atoms with Crippen molar-refractivity contribution in [1.29, 1.82) is 0 Å². The molecule has 4 heteroatoms. The monoisotopic (exact) mass is 132 g/mol. The number of hydrogen-bond donors (Lipinski definition) is 1. The van der Waals surface area contributed by atoms with Crippen LogP contribution in [0.2, 0.25) is 0 Å². The molecular weight excluding hydrogens is 122 g/mol.